The van der Waals surface area contributed by atoms with E-state index in [9.17, 15) is 19.0 Å². The Morgan fingerprint density at radius 2 is 0.794 bits per heavy atom. The Balaban J connectivity index is 0.00000107. The Labute approximate surface area is 654 Å². The monoisotopic (exact) mass is 1550 g/mol. The van der Waals surface area contributed by atoms with Crippen LogP contribution in [0.25, 0.3) is 0 Å². The van der Waals surface area contributed by atoms with E-state index < -0.39 is 76.9 Å². The third kappa shape index (κ3) is 51.3. The van der Waals surface area contributed by atoms with E-state index in [1.807, 2.05) is 13.8 Å². The third-order valence-corrected chi connectivity index (χ3v) is 22.7. The van der Waals surface area contributed by atoms with Gasteiger partial charge in [0.05, 0.1) is 38.6 Å². The molecule has 12 atom stereocenters. The summed E-state index contributed by atoms with van der Waals surface area (Å²) in [7, 11) is -8.19. The molecule has 2 aliphatic heterocycles. The molecule has 0 aromatic carbocycles. The number of ether oxygens (including phenoxy) is 5. The normalized spacial score (nSPS) is 21.0. The second-order valence-corrected chi connectivity index (χ2v) is 33.1. The number of hydrogen-bond acceptors (Lipinski definition) is 17. The molecule has 4 N–H and O–H groups in total. The van der Waals surface area contributed by atoms with E-state index in [0.29, 0.717) is 44.3 Å². The number of unbranched alkanes of at least 4 members (excludes halogenated alkanes) is 30. The van der Waals surface area contributed by atoms with E-state index >= 15 is 0 Å². The highest BCUT2D eigenvalue weighted by molar-refractivity contribution is 7.48. The van der Waals surface area contributed by atoms with Gasteiger partial charge in [0.25, 0.3) is 0 Å². The lowest BCUT2D eigenvalue weighted by atomic mass is 9.94. The number of phosphoric ester groups is 2. The number of carbonyl (C=O) groups excluding carboxylic acids is 1. The topological polar surface area (TPSA) is 221 Å². The van der Waals surface area contributed by atoms with Gasteiger partial charge < -0.3 is 39.4 Å². The summed E-state index contributed by atoms with van der Waals surface area (Å²) >= 11 is 0. The molecule has 624 valence electrons. The van der Waals surface area contributed by atoms with Gasteiger partial charge in [0.2, 0.25) is 12.2 Å². The van der Waals surface area contributed by atoms with Gasteiger partial charge >= 0.3 is 15.6 Å². The van der Waals surface area contributed by atoms with Gasteiger partial charge in [-0.3, -0.25) is 37.3 Å². The maximum atomic E-state index is 13.9. The minimum absolute atomic E-state index is 0.0161. The molecule has 2 fully saturated rings. The zero-order valence-corrected chi connectivity index (χ0v) is 71.3. The van der Waals surface area contributed by atoms with E-state index in [-0.39, 0.29) is 38.2 Å². The van der Waals surface area contributed by atoms with Crippen molar-refractivity contribution in [2.45, 2.75) is 406 Å². The lowest BCUT2D eigenvalue weighted by molar-refractivity contribution is -0.253. The summed E-state index contributed by atoms with van der Waals surface area (Å²) in [6, 6.07) is -1.52. The van der Waals surface area contributed by atoms with Crippen molar-refractivity contribution in [3.05, 3.63) is 87.2 Å². The minimum Gasteiger partial charge on any atom is -0.450 e. The summed E-state index contributed by atoms with van der Waals surface area (Å²) in [6.45, 7) is 38.5. The summed E-state index contributed by atoms with van der Waals surface area (Å²) in [5.41, 5.74) is 0.811. The van der Waals surface area contributed by atoms with Gasteiger partial charge in [-0.2, -0.15) is 0 Å². The molecule has 0 aromatic rings. The molecule has 2 saturated heterocycles. The number of phosphoric acid groups is 2. The Bertz CT molecular complexity index is 2350. The molecule has 0 spiro atoms. The van der Waals surface area contributed by atoms with Crippen LogP contribution in [0.5, 0.6) is 0 Å². The van der Waals surface area contributed by atoms with Crippen LogP contribution in [-0.4, -0.2) is 118 Å². The van der Waals surface area contributed by atoms with E-state index in [1.54, 1.807) is 0 Å². The summed E-state index contributed by atoms with van der Waals surface area (Å²) in [4.78, 5) is 13.5. The molecule has 0 saturated carbocycles. The van der Waals surface area contributed by atoms with Gasteiger partial charge in [0.15, 0.2) is 12.2 Å². The Kier molecular flexibility index (Phi) is 65.3. The van der Waals surface area contributed by atoms with Gasteiger partial charge in [-0.25, -0.2) is 9.13 Å². The van der Waals surface area contributed by atoms with Gasteiger partial charge in [-0.15, -0.1) is 26.3 Å². The van der Waals surface area contributed by atoms with Crippen molar-refractivity contribution in [2.75, 3.05) is 39.6 Å². The van der Waals surface area contributed by atoms with E-state index in [1.165, 1.54) is 224 Å². The summed E-state index contributed by atoms with van der Waals surface area (Å²) in [5, 5.41) is 25.9. The zero-order chi connectivity index (χ0) is 78.9. The fraction of sp³-hybridized carbons (Fsp3) is 0.816. The van der Waals surface area contributed by atoms with Crippen LogP contribution in [0.15, 0.2) is 87.2 Å². The van der Waals surface area contributed by atoms with Crippen LogP contribution in [0.3, 0.4) is 0 Å². The van der Waals surface area contributed by atoms with Crippen molar-refractivity contribution in [3.63, 3.8) is 0 Å². The molecule has 0 bridgehead atoms. The third-order valence-electron chi connectivity index (χ3n) is 19.9. The van der Waals surface area contributed by atoms with E-state index in [4.69, 9.17) is 56.2 Å². The second kappa shape index (κ2) is 68.5. The van der Waals surface area contributed by atoms with Gasteiger partial charge in [0.1, 0.15) is 36.5 Å². The fourth-order valence-corrected chi connectivity index (χ4v) is 16.1. The van der Waals surface area contributed by atoms with Gasteiger partial charge in [0, 0.05) is 32.3 Å². The average molecular weight is 1550 g/mol. The molecule has 0 aliphatic carbocycles. The number of allylic oxidation sites excluding steroid dienone is 5. The van der Waals surface area contributed by atoms with Crippen LogP contribution in [0, 0.1) is 17.2 Å². The predicted molar refractivity (Wildman–Crippen MR) is 445 cm³/mol. The molecule has 2 aliphatic rings. The van der Waals surface area contributed by atoms with Crippen LogP contribution in [0.1, 0.15) is 345 Å². The van der Waals surface area contributed by atoms with Crippen molar-refractivity contribution in [1.29, 1.82) is 5.41 Å². The highest BCUT2D eigenvalue weighted by atomic mass is 31.2. The fourth-order valence-electron chi connectivity index (χ4n) is 13.4. The summed E-state index contributed by atoms with van der Waals surface area (Å²) < 4.78 is 93.8. The number of rotatable bonds is 72. The molecular formula is C87H161N3O15P2. The SMILES string of the molecule is C=CCOP(=O)(OCC=C)O[C@H]1[C@H](OCC[C@H](C)CCCCCCC)[C@@H](NC(=C)CCCCCCCCC/C=C\CCCCCC)C(O)O[C@@H]1CC.C=CCOP(=O)(OCC=C)O[C@H]1[C@H](OCC[C@H](C)CCCCCCC)[C@@H](NC(=O)CCCCCCCCC/C=C\CCCCCC)C(OC(C)=N)O[C@@H]1CC. The van der Waals surface area contributed by atoms with E-state index in [0.717, 1.165) is 76.3 Å². The van der Waals surface area contributed by atoms with Crippen LogP contribution in [-0.2, 0) is 64.8 Å². The number of aliphatic hydroxyl groups excluding tert-OH is 1. The molecule has 107 heavy (non-hydrogen) atoms. The Morgan fingerprint density at radius 1 is 0.458 bits per heavy atom. The summed E-state index contributed by atoms with van der Waals surface area (Å²) in [6.07, 6.45) is 58.6. The van der Waals surface area contributed by atoms with Crippen molar-refractivity contribution in [3.8, 4) is 0 Å². The predicted octanol–water partition coefficient (Wildman–Crippen LogP) is 24.6. The minimum atomic E-state index is -4.14. The van der Waals surface area contributed by atoms with Crippen molar-refractivity contribution in [1.82, 2.24) is 10.6 Å². The smallest absolute Gasteiger partial charge is 0.450 e. The number of hydrogen-bond donors (Lipinski definition) is 4. The molecule has 2 unspecified atom stereocenters. The molecule has 18 nitrogen and oxygen atoms in total. The van der Waals surface area contributed by atoms with Crippen LogP contribution >= 0.6 is 15.6 Å². The highest BCUT2D eigenvalue weighted by Gasteiger charge is 2.53. The zero-order valence-electron chi connectivity index (χ0n) is 69.5. The van der Waals surface area contributed by atoms with Gasteiger partial charge in [-0.05, 0) is 108 Å². The first-order valence-electron chi connectivity index (χ1n) is 42.9. The number of nitrogens with one attached hydrogen (secondary N) is 3. The Morgan fingerprint density at radius 3 is 1.17 bits per heavy atom. The molecular weight excluding hydrogens is 1390 g/mol. The lowest BCUT2D eigenvalue weighted by Crippen LogP contribution is -2.65. The number of amides is 1. The molecule has 0 aromatic heterocycles. The molecule has 20 heteroatoms. The number of aliphatic hydroxyl groups is 1. The largest absolute Gasteiger partial charge is 0.475 e. The van der Waals surface area contributed by atoms with Crippen molar-refractivity contribution < 1.29 is 69.9 Å². The molecule has 2 heterocycles. The average Bonchev–Trinajstić information content (AvgIpc) is 0.787. The van der Waals surface area contributed by atoms with Crippen molar-refractivity contribution in [2.24, 2.45) is 11.8 Å². The quantitative estimate of drug-likeness (QED) is 0.0146. The van der Waals surface area contributed by atoms with Crippen LogP contribution in [0.4, 0.5) is 0 Å². The maximum Gasteiger partial charge on any atom is 0.475 e. The highest BCUT2D eigenvalue weighted by Crippen LogP contribution is 2.54. The first kappa shape index (κ1) is 102. The molecule has 0 radical (unpaired) electrons. The molecule has 1 amide bonds. The number of carbonyl (C=O) groups is 1. The second-order valence-electron chi connectivity index (χ2n) is 29.9. The van der Waals surface area contributed by atoms with Crippen LogP contribution < -0.4 is 10.6 Å². The van der Waals surface area contributed by atoms with Gasteiger partial charge in [-0.1, -0.05) is 290 Å². The standard InChI is InChI=1S/C44H81N2O8P.C43H80NO7P/c1-8-13-15-17-18-19-20-21-22-23-24-25-26-28-30-32-40(47)46-41-43(49-36-33-37(6)31-29-27-16-14-9-2)42(39(12-5)53-44(41)52-38(7)45)54-55(48,50-34-10-3)51-35-11-4;1-8-13-15-17-18-19-20-21-22-23-24-25-26-28-30-32-38(7)44-40-42(47-36-33-37(6)31-29-27-16-14-9-2)41(39(12-5)50-43(40)45)51-52(46,48-34-10-3)49-35-11-4/h10-11,19-20,37,39,41-45H,3-4,8-9,12-18,21-36H2,1-2,5-7H3,(H,46,47);10-11,19-20,37,39-45H,3-4,7-9,12-18,21-36H2,1-2,5-6H3/b20-19-,45-38?;20-19-/t37-,39-,41-,42-,43-,44?;37-,39-,40-,41-,42-,43?/m11/s1. The lowest BCUT2D eigenvalue weighted by Gasteiger charge is -2.46. The first-order valence-corrected chi connectivity index (χ1v) is 45.9. The van der Waals surface area contributed by atoms with E-state index in [2.05, 4.69) is 109 Å². The van der Waals surface area contributed by atoms with Crippen molar-refractivity contribution >= 4 is 27.5 Å². The molecule has 2 rings (SSSR count). The first-order chi connectivity index (χ1) is 51.9. The van der Waals surface area contributed by atoms with Crippen LogP contribution in [0.2, 0.25) is 0 Å². The summed E-state index contributed by atoms with van der Waals surface area (Å²) in [5.74, 6) is 0.713. The maximum absolute atomic E-state index is 13.9. The Hall–Kier alpha value is -3.06.